The highest BCUT2D eigenvalue weighted by Crippen LogP contribution is 2.16. The van der Waals surface area contributed by atoms with Crippen LogP contribution in [0.2, 0.25) is 5.02 Å². The van der Waals surface area contributed by atoms with E-state index >= 15 is 0 Å². The van der Waals surface area contributed by atoms with E-state index in [1.54, 1.807) is 24.3 Å². The maximum atomic E-state index is 11.7. The molecule has 2 rings (SSSR count). The van der Waals surface area contributed by atoms with Gasteiger partial charge in [-0.1, -0.05) is 29.8 Å². The fourth-order valence-electron chi connectivity index (χ4n) is 1.83. The molecule has 0 saturated carbocycles. The number of carbonyl (C=O) groups excluding carboxylic acids is 3. The molecule has 20 heavy (non-hydrogen) atoms. The minimum atomic E-state index is -0.670. The molecular formula is C14H13ClN2O3. The van der Waals surface area contributed by atoms with Crippen molar-refractivity contribution in [3.8, 4) is 0 Å². The second-order valence-electron chi connectivity index (χ2n) is 4.37. The Morgan fingerprint density at radius 1 is 1.35 bits per heavy atom. The SMILES string of the molecule is O=C(/C=C/c1ccccc1Cl)NC1CCC(=O)NC1=O. The van der Waals surface area contributed by atoms with E-state index in [0.717, 1.165) is 0 Å². The summed E-state index contributed by atoms with van der Waals surface area (Å²) in [6.45, 7) is 0. The maximum absolute atomic E-state index is 11.7. The fraction of sp³-hybridized carbons (Fsp3) is 0.214. The summed E-state index contributed by atoms with van der Waals surface area (Å²) in [4.78, 5) is 34.2. The summed E-state index contributed by atoms with van der Waals surface area (Å²) in [6, 6.07) is 6.43. The molecular weight excluding hydrogens is 280 g/mol. The number of halogens is 1. The molecule has 1 aliphatic rings. The van der Waals surface area contributed by atoms with Gasteiger partial charge in [0, 0.05) is 17.5 Å². The molecule has 1 aromatic carbocycles. The average molecular weight is 293 g/mol. The van der Waals surface area contributed by atoms with Gasteiger partial charge in [-0.25, -0.2) is 0 Å². The number of carbonyl (C=O) groups is 3. The molecule has 0 bridgehead atoms. The number of amides is 3. The van der Waals surface area contributed by atoms with Gasteiger partial charge in [0.05, 0.1) is 0 Å². The smallest absolute Gasteiger partial charge is 0.249 e. The Hall–Kier alpha value is -2.14. The van der Waals surface area contributed by atoms with E-state index in [1.807, 2.05) is 6.07 Å². The molecule has 6 heteroatoms. The molecule has 0 aromatic heterocycles. The lowest BCUT2D eigenvalue weighted by Crippen LogP contribution is -2.51. The third-order valence-electron chi connectivity index (χ3n) is 2.88. The molecule has 0 aliphatic carbocycles. The summed E-state index contributed by atoms with van der Waals surface area (Å²) < 4.78 is 0. The lowest BCUT2D eigenvalue weighted by Gasteiger charge is -2.20. The first-order valence-corrected chi connectivity index (χ1v) is 6.51. The lowest BCUT2D eigenvalue weighted by atomic mass is 10.1. The average Bonchev–Trinajstić information content (AvgIpc) is 2.41. The van der Waals surface area contributed by atoms with Gasteiger partial charge in [0.15, 0.2) is 0 Å². The molecule has 1 saturated heterocycles. The minimum Gasteiger partial charge on any atom is -0.341 e. The Labute approximate surface area is 121 Å². The van der Waals surface area contributed by atoms with Crippen molar-refractivity contribution in [2.75, 3.05) is 0 Å². The predicted octanol–water partition coefficient (Wildman–Crippen LogP) is 1.27. The van der Waals surface area contributed by atoms with E-state index in [4.69, 9.17) is 11.6 Å². The van der Waals surface area contributed by atoms with Gasteiger partial charge in [-0.15, -0.1) is 0 Å². The largest absolute Gasteiger partial charge is 0.341 e. The highest BCUT2D eigenvalue weighted by Gasteiger charge is 2.27. The van der Waals surface area contributed by atoms with Crippen LogP contribution >= 0.6 is 11.6 Å². The van der Waals surface area contributed by atoms with Crippen molar-refractivity contribution < 1.29 is 14.4 Å². The van der Waals surface area contributed by atoms with Crippen LogP contribution in [0.5, 0.6) is 0 Å². The molecule has 1 aliphatic heterocycles. The van der Waals surface area contributed by atoms with Gasteiger partial charge < -0.3 is 5.32 Å². The van der Waals surface area contributed by atoms with Crippen molar-refractivity contribution >= 4 is 35.4 Å². The van der Waals surface area contributed by atoms with Crippen LogP contribution in [-0.4, -0.2) is 23.8 Å². The zero-order valence-electron chi connectivity index (χ0n) is 10.6. The molecule has 1 fully saturated rings. The number of piperidine rings is 1. The van der Waals surface area contributed by atoms with E-state index < -0.39 is 17.9 Å². The molecule has 5 nitrogen and oxygen atoms in total. The van der Waals surface area contributed by atoms with E-state index in [-0.39, 0.29) is 12.3 Å². The minimum absolute atomic E-state index is 0.227. The van der Waals surface area contributed by atoms with Crippen LogP contribution in [0.1, 0.15) is 18.4 Å². The highest BCUT2D eigenvalue weighted by molar-refractivity contribution is 6.32. The van der Waals surface area contributed by atoms with Crippen molar-refractivity contribution in [2.45, 2.75) is 18.9 Å². The first kappa shape index (κ1) is 14.3. The third-order valence-corrected chi connectivity index (χ3v) is 3.22. The molecule has 104 valence electrons. The Kier molecular flexibility index (Phi) is 4.53. The zero-order valence-corrected chi connectivity index (χ0v) is 11.3. The monoisotopic (exact) mass is 292 g/mol. The number of nitrogens with one attached hydrogen (secondary N) is 2. The molecule has 1 unspecified atom stereocenters. The van der Waals surface area contributed by atoms with Gasteiger partial charge in [-0.2, -0.15) is 0 Å². The Morgan fingerprint density at radius 2 is 2.10 bits per heavy atom. The van der Waals surface area contributed by atoms with E-state index in [9.17, 15) is 14.4 Å². The topological polar surface area (TPSA) is 75.3 Å². The Bertz CT molecular complexity index is 584. The van der Waals surface area contributed by atoms with Gasteiger partial charge in [0.25, 0.3) is 0 Å². The molecule has 1 heterocycles. The van der Waals surface area contributed by atoms with Crippen molar-refractivity contribution in [3.63, 3.8) is 0 Å². The second-order valence-corrected chi connectivity index (χ2v) is 4.77. The van der Waals surface area contributed by atoms with Gasteiger partial charge >= 0.3 is 0 Å². The molecule has 1 atom stereocenters. The van der Waals surface area contributed by atoms with Crippen LogP contribution in [0.25, 0.3) is 6.08 Å². The van der Waals surface area contributed by atoms with Crippen LogP contribution in [0.3, 0.4) is 0 Å². The summed E-state index contributed by atoms with van der Waals surface area (Å²) in [5.41, 5.74) is 0.715. The standard InChI is InChI=1S/C14H13ClN2O3/c15-10-4-2-1-3-9(10)5-7-12(18)16-11-6-8-13(19)17-14(11)20/h1-5,7,11H,6,8H2,(H,16,18)(H,17,19,20)/b7-5+. The summed E-state index contributed by atoms with van der Waals surface area (Å²) in [7, 11) is 0. The molecule has 2 N–H and O–H groups in total. The van der Waals surface area contributed by atoms with Crippen LogP contribution in [0.4, 0.5) is 0 Å². The van der Waals surface area contributed by atoms with Crippen molar-refractivity contribution in [3.05, 3.63) is 40.9 Å². The van der Waals surface area contributed by atoms with Crippen LogP contribution in [-0.2, 0) is 14.4 Å². The van der Waals surface area contributed by atoms with Crippen LogP contribution in [0.15, 0.2) is 30.3 Å². The van der Waals surface area contributed by atoms with Crippen molar-refractivity contribution in [2.24, 2.45) is 0 Å². The van der Waals surface area contributed by atoms with Crippen LogP contribution < -0.4 is 10.6 Å². The number of hydrogen-bond acceptors (Lipinski definition) is 3. The molecule has 1 aromatic rings. The van der Waals surface area contributed by atoms with Gasteiger partial charge in [-0.3, -0.25) is 19.7 Å². The van der Waals surface area contributed by atoms with Gasteiger partial charge in [-0.05, 0) is 24.1 Å². The summed E-state index contributed by atoms with van der Waals surface area (Å²) in [5, 5.41) is 5.27. The molecule has 3 amide bonds. The summed E-state index contributed by atoms with van der Waals surface area (Å²) in [5.74, 6) is -1.19. The first-order chi connectivity index (χ1) is 9.56. The first-order valence-electron chi connectivity index (χ1n) is 6.13. The normalized spacial score (nSPS) is 18.9. The quantitative estimate of drug-likeness (QED) is 0.651. The van der Waals surface area contributed by atoms with Gasteiger partial charge in [0.2, 0.25) is 17.7 Å². The maximum Gasteiger partial charge on any atom is 0.249 e. The van der Waals surface area contributed by atoms with E-state index in [0.29, 0.717) is 17.0 Å². The summed E-state index contributed by atoms with van der Waals surface area (Å²) >= 11 is 5.95. The van der Waals surface area contributed by atoms with Gasteiger partial charge in [0.1, 0.15) is 6.04 Å². The predicted molar refractivity (Wildman–Crippen MR) is 74.8 cm³/mol. The highest BCUT2D eigenvalue weighted by atomic mass is 35.5. The Morgan fingerprint density at radius 3 is 2.80 bits per heavy atom. The van der Waals surface area contributed by atoms with E-state index in [1.165, 1.54) is 6.08 Å². The number of benzene rings is 1. The summed E-state index contributed by atoms with van der Waals surface area (Å²) in [6.07, 6.45) is 3.43. The van der Waals surface area contributed by atoms with Crippen molar-refractivity contribution in [1.29, 1.82) is 0 Å². The number of imide groups is 1. The zero-order chi connectivity index (χ0) is 14.5. The van der Waals surface area contributed by atoms with Crippen LogP contribution in [0, 0.1) is 0 Å². The Balaban J connectivity index is 1.94. The molecule has 0 radical (unpaired) electrons. The lowest BCUT2D eigenvalue weighted by molar-refractivity contribution is -0.136. The molecule has 0 spiro atoms. The van der Waals surface area contributed by atoms with Crippen molar-refractivity contribution in [1.82, 2.24) is 10.6 Å². The third kappa shape index (κ3) is 3.68. The number of hydrogen-bond donors (Lipinski definition) is 2. The van der Waals surface area contributed by atoms with E-state index in [2.05, 4.69) is 10.6 Å². The fourth-order valence-corrected chi connectivity index (χ4v) is 2.03. The number of rotatable bonds is 3. The second kappa shape index (κ2) is 6.34.